The maximum absolute atomic E-state index is 12.9. The van der Waals surface area contributed by atoms with Crippen molar-refractivity contribution in [2.45, 2.75) is 122 Å². The number of unbranched alkanes of at least 4 members (excludes halogenated alkanes) is 13. The first-order chi connectivity index (χ1) is 18.0. The highest BCUT2D eigenvalue weighted by Gasteiger charge is 2.35. The third-order valence-corrected chi connectivity index (χ3v) is 7.17. The van der Waals surface area contributed by atoms with Crippen molar-refractivity contribution in [3.05, 3.63) is 27.0 Å². The summed E-state index contributed by atoms with van der Waals surface area (Å²) in [6.45, 7) is 2.53. The van der Waals surface area contributed by atoms with E-state index >= 15 is 0 Å². The number of H-pyrrole nitrogens is 1. The SMILES string of the molecule is CCCCCCCCCCCCCCCCNc1nc(=O)c2ncn([C@@H]3C[C@H](O)[C@@H](CO)O3)c2c(=O)[nH]1. The van der Waals surface area contributed by atoms with Gasteiger partial charge >= 0.3 is 5.56 Å². The van der Waals surface area contributed by atoms with Crippen molar-refractivity contribution in [1.29, 1.82) is 0 Å². The predicted molar refractivity (Wildman–Crippen MR) is 145 cm³/mol. The molecule has 10 nitrogen and oxygen atoms in total. The van der Waals surface area contributed by atoms with E-state index in [4.69, 9.17) is 4.74 Å². The molecule has 10 heteroatoms. The average Bonchev–Trinajstić information content (AvgIpc) is 3.46. The largest absolute Gasteiger partial charge is 0.394 e. The van der Waals surface area contributed by atoms with E-state index in [-0.39, 0.29) is 30.0 Å². The highest BCUT2D eigenvalue weighted by Crippen LogP contribution is 2.29. The van der Waals surface area contributed by atoms with Crippen molar-refractivity contribution in [1.82, 2.24) is 19.5 Å². The molecule has 3 rings (SSSR count). The van der Waals surface area contributed by atoms with Crippen LogP contribution in [0, 0.1) is 0 Å². The zero-order chi connectivity index (χ0) is 26.5. The summed E-state index contributed by atoms with van der Waals surface area (Å²) >= 11 is 0. The number of aliphatic hydroxyl groups is 2. The summed E-state index contributed by atoms with van der Waals surface area (Å²) < 4.78 is 7.05. The van der Waals surface area contributed by atoms with Crippen molar-refractivity contribution < 1.29 is 14.9 Å². The normalized spacial score (nSPS) is 19.6. The highest BCUT2D eigenvalue weighted by atomic mass is 16.5. The molecule has 0 saturated carbocycles. The Morgan fingerprint density at radius 2 is 1.59 bits per heavy atom. The minimum atomic E-state index is -0.865. The molecule has 2 aromatic heterocycles. The van der Waals surface area contributed by atoms with Crippen molar-refractivity contribution >= 4 is 17.0 Å². The summed E-state index contributed by atoms with van der Waals surface area (Å²) in [5, 5.41) is 22.4. The van der Waals surface area contributed by atoms with Crippen LogP contribution in [0.15, 0.2) is 15.9 Å². The molecule has 0 aromatic carbocycles. The van der Waals surface area contributed by atoms with Gasteiger partial charge in [-0.2, -0.15) is 4.98 Å². The van der Waals surface area contributed by atoms with E-state index in [0.717, 1.165) is 12.8 Å². The molecule has 0 radical (unpaired) electrons. The second kappa shape index (κ2) is 15.8. The molecular weight excluding hydrogens is 474 g/mol. The lowest BCUT2D eigenvalue weighted by Crippen LogP contribution is -2.24. The van der Waals surface area contributed by atoms with Crippen molar-refractivity contribution in [3.8, 4) is 0 Å². The van der Waals surface area contributed by atoms with Gasteiger partial charge in [0.2, 0.25) is 5.95 Å². The first kappa shape index (κ1) is 29.3. The number of hydrogen-bond acceptors (Lipinski definition) is 8. The first-order valence-corrected chi connectivity index (χ1v) is 14.2. The van der Waals surface area contributed by atoms with Crippen LogP contribution in [0.1, 0.15) is 109 Å². The van der Waals surface area contributed by atoms with Crippen molar-refractivity contribution in [2.75, 3.05) is 18.5 Å². The Kier molecular flexibility index (Phi) is 12.5. The molecule has 1 aliphatic heterocycles. The average molecular weight is 520 g/mol. The third-order valence-electron chi connectivity index (χ3n) is 7.17. The van der Waals surface area contributed by atoms with Crippen LogP contribution >= 0.6 is 0 Å². The second-order valence-corrected chi connectivity index (χ2v) is 10.2. The van der Waals surface area contributed by atoms with Gasteiger partial charge in [-0.15, -0.1) is 0 Å². The van der Waals surface area contributed by atoms with Crippen molar-refractivity contribution in [3.63, 3.8) is 0 Å². The van der Waals surface area contributed by atoms with E-state index < -0.39 is 29.6 Å². The van der Waals surface area contributed by atoms with Gasteiger partial charge in [-0.3, -0.25) is 19.1 Å². The molecule has 1 saturated heterocycles. The van der Waals surface area contributed by atoms with Crippen LogP contribution in [0.3, 0.4) is 0 Å². The van der Waals surface area contributed by atoms with Gasteiger partial charge in [-0.1, -0.05) is 90.4 Å². The lowest BCUT2D eigenvalue weighted by molar-refractivity contribution is -0.0431. The third kappa shape index (κ3) is 8.90. The summed E-state index contributed by atoms with van der Waals surface area (Å²) in [7, 11) is 0. The quantitative estimate of drug-likeness (QED) is 0.216. The molecule has 0 spiro atoms. The molecule has 0 unspecified atom stereocenters. The number of imidazole rings is 1. The fraction of sp³-hybridized carbons (Fsp3) is 0.778. The molecule has 1 aliphatic rings. The zero-order valence-electron chi connectivity index (χ0n) is 22.3. The molecular formula is C27H45N5O5. The number of anilines is 1. The lowest BCUT2D eigenvalue weighted by atomic mass is 10.0. The summed E-state index contributed by atoms with van der Waals surface area (Å²) in [6, 6.07) is 0. The topological polar surface area (TPSA) is 142 Å². The van der Waals surface area contributed by atoms with Gasteiger partial charge < -0.3 is 20.3 Å². The number of aliphatic hydroxyl groups excluding tert-OH is 2. The highest BCUT2D eigenvalue weighted by molar-refractivity contribution is 5.73. The Balaban J connectivity index is 1.37. The molecule has 0 amide bonds. The van der Waals surface area contributed by atoms with Crippen LogP contribution in [0.5, 0.6) is 0 Å². The van der Waals surface area contributed by atoms with E-state index in [9.17, 15) is 19.8 Å². The number of nitrogens with zero attached hydrogens (tertiary/aromatic N) is 3. The fourth-order valence-electron chi connectivity index (χ4n) is 4.97. The van der Waals surface area contributed by atoms with Gasteiger partial charge in [0.15, 0.2) is 5.52 Å². The van der Waals surface area contributed by atoms with Gasteiger partial charge in [0.25, 0.3) is 5.56 Å². The van der Waals surface area contributed by atoms with Crippen LogP contribution in [-0.4, -0.2) is 55.1 Å². The Hall–Kier alpha value is -2.30. The van der Waals surface area contributed by atoms with Gasteiger partial charge in [0.05, 0.1) is 19.0 Å². The number of nitrogens with one attached hydrogen (secondary N) is 2. The van der Waals surface area contributed by atoms with Gasteiger partial charge in [-0.25, -0.2) is 4.98 Å². The van der Waals surface area contributed by atoms with Crippen LogP contribution in [0.4, 0.5) is 5.95 Å². The minimum absolute atomic E-state index is 0.0397. The van der Waals surface area contributed by atoms with E-state index in [1.54, 1.807) is 0 Å². The first-order valence-electron chi connectivity index (χ1n) is 14.2. The summed E-state index contributed by atoms with van der Waals surface area (Å²) in [4.78, 5) is 36.2. The van der Waals surface area contributed by atoms with Crippen LogP contribution in [0.2, 0.25) is 0 Å². The molecule has 3 atom stereocenters. The number of aromatic nitrogens is 4. The Morgan fingerprint density at radius 1 is 1.00 bits per heavy atom. The second-order valence-electron chi connectivity index (χ2n) is 10.2. The Bertz CT molecular complexity index is 1060. The Labute approximate surface area is 218 Å². The maximum Gasteiger partial charge on any atom is 0.301 e. The lowest BCUT2D eigenvalue weighted by Gasteiger charge is -2.13. The van der Waals surface area contributed by atoms with Crippen LogP contribution < -0.4 is 16.4 Å². The number of rotatable bonds is 18. The number of hydrogen-bond donors (Lipinski definition) is 4. The van der Waals surface area contributed by atoms with E-state index in [0.29, 0.717) is 6.54 Å². The summed E-state index contributed by atoms with van der Waals surface area (Å²) in [6.07, 6.45) is 17.2. The minimum Gasteiger partial charge on any atom is -0.394 e. The molecule has 0 bridgehead atoms. The predicted octanol–water partition coefficient (Wildman–Crippen LogP) is 4.01. The number of aromatic amines is 1. The zero-order valence-corrected chi connectivity index (χ0v) is 22.3. The molecule has 0 aliphatic carbocycles. The van der Waals surface area contributed by atoms with Gasteiger partial charge in [-0.05, 0) is 6.42 Å². The number of fused-ring (bicyclic) bond motifs is 1. The van der Waals surface area contributed by atoms with Crippen molar-refractivity contribution in [2.24, 2.45) is 0 Å². The summed E-state index contributed by atoms with van der Waals surface area (Å²) in [5.74, 6) is 0.120. The van der Waals surface area contributed by atoms with Gasteiger partial charge in [0.1, 0.15) is 17.8 Å². The number of ether oxygens (including phenoxy) is 1. The van der Waals surface area contributed by atoms with Crippen LogP contribution in [-0.2, 0) is 4.74 Å². The molecule has 208 valence electrons. The van der Waals surface area contributed by atoms with E-state index in [1.807, 2.05) is 0 Å². The van der Waals surface area contributed by atoms with Gasteiger partial charge in [0, 0.05) is 13.0 Å². The Morgan fingerprint density at radius 3 is 2.16 bits per heavy atom. The van der Waals surface area contributed by atoms with Crippen LogP contribution in [0.25, 0.3) is 11.0 Å². The summed E-state index contributed by atoms with van der Waals surface area (Å²) in [5.41, 5.74) is -1.15. The van der Waals surface area contributed by atoms with E-state index in [1.165, 1.54) is 87.9 Å². The monoisotopic (exact) mass is 519 g/mol. The molecule has 37 heavy (non-hydrogen) atoms. The maximum atomic E-state index is 12.9. The van der Waals surface area contributed by atoms with E-state index in [2.05, 4.69) is 27.2 Å². The molecule has 1 fully saturated rings. The molecule has 3 heterocycles. The standard InChI is InChI=1S/C27H45N5O5/c1-2-3-4-5-6-7-8-9-10-11-12-13-14-15-16-28-27-30-25(35)23-24(26(36)31-27)32(19-29-23)22-17-20(34)21(18-33)37-22/h19-22,33-34H,2-18H2,1H3,(H2,28,30,31,35,36)/t20-,21+,22-/m0/s1. The molecule has 2 aromatic rings. The smallest absolute Gasteiger partial charge is 0.301 e. The molecule has 4 N–H and O–H groups in total. The fourth-order valence-corrected chi connectivity index (χ4v) is 4.97.